The van der Waals surface area contributed by atoms with Crippen molar-refractivity contribution in [1.82, 2.24) is 20.6 Å². The van der Waals surface area contributed by atoms with Gasteiger partial charge in [-0.05, 0) is 67.8 Å². The van der Waals surface area contributed by atoms with Gasteiger partial charge in [0.15, 0.2) is 5.13 Å². The largest absolute Gasteiger partial charge is 0.444 e. The second kappa shape index (κ2) is 14.5. The molecule has 0 aliphatic carbocycles. The molecule has 2 aromatic carbocycles. The number of carbonyl (C=O) groups excluding carboxylic acids is 4. The Bertz CT molecular complexity index is 1780. The van der Waals surface area contributed by atoms with Crippen LogP contribution in [0.25, 0.3) is 22.4 Å². The van der Waals surface area contributed by atoms with Gasteiger partial charge >= 0.3 is 6.09 Å². The molecular formula is C35H40N6O5S. The number of anilines is 2. The topological polar surface area (TPSA) is 143 Å². The summed E-state index contributed by atoms with van der Waals surface area (Å²) in [5, 5.41) is 10.5. The average Bonchev–Trinajstić information content (AvgIpc) is 3.50. The van der Waals surface area contributed by atoms with E-state index in [0.717, 1.165) is 22.3 Å². The molecule has 0 aliphatic heterocycles. The summed E-state index contributed by atoms with van der Waals surface area (Å²) in [5.41, 5.74) is 3.52. The van der Waals surface area contributed by atoms with Gasteiger partial charge in [0.1, 0.15) is 11.4 Å². The Kier molecular flexibility index (Phi) is 10.8. The summed E-state index contributed by atoms with van der Waals surface area (Å²) in [6, 6.07) is 18.6. The highest BCUT2D eigenvalue weighted by Gasteiger charge is 2.24. The molecule has 0 saturated heterocycles. The molecule has 4 amide bonds. The standard InChI is InChI=1S/C35H40N6O5S/c1-22(42)41(7)29-18-24(14-15-36-29)23-10-8-11-25(16-23)28-20-47-32(39-28)40-30(43)19-37-31(44)26-12-9-13-27(17-26)35(5,6)21-38-33(45)46-34(2,3)4/h8-18,20H,19,21H2,1-7H3,(H,37,44)(H,38,45)(H,39,40,43). The first kappa shape index (κ1) is 34.8. The fourth-order valence-corrected chi connectivity index (χ4v) is 5.22. The first-order chi connectivity index (χ1) is 22.1. The van der Waals surface area contributed by atoms with E-state index in [9.17, 15) is 19.2 Å². The average molecular weight is 657 g/mol. The molecule has 0 spiro atoms. The Morgan fingerprint density at radius 2 is 1.60 bits per heavy atom. The lowest BCUT2D eigenvalue weighted by Crippen LogP contribution is -2.40. The number of nitrogens with zero attached hydrogens (tertiary/aromatic N) is 3. The lowest BCUT2D eigenvalue weighted by Gasteiger charge is -2.27. The molecule has 246 valence electrons. The van der Waals surface area contributed by atoms with Crippen molar-refractivity contribution in [1.29, 1.82) is 0 Å². The Labute approximate surface area is 278 Å². The number of hydrogen-bond donors (Lipinski definition) is 3. The molecular weight excluding hydrogens is 616 g/mol. The van der Waals surface area contributed by atoms with Crippen LogP contribution in [0.2, 0.25) is 0 Å². The Hall–Kier alpha value is -5.10. The fourth-order valence-electron chi connectivity index (χ4n) is 4.48. The number of rotatable bonds is 10. The van der Waals surface area contributed by atoms with E-state index < -0.39 is 28.9 Å². The van der Waals surface area contributed by atoms with E-state index in [1.165, 1.54) is 23.2 Å². The number of pyridine rings is 1. The lowest BCUT2D eigenvalue weighted by atomic mass is 9.84. The van der Waals surface area contributed by atoms with Gasteiger partial charge in [-0.1, -0.05) is 44.2 Å². The quantitative estimate of drug-likeness (QED) is 0.189. The summed E-state index contributed by atoms with van der Waals surface area (Å²) in [6.45, 7) is 10.9. The highest BCUT2D eigenvalue weighted by molar-refractivity contribution is 7.14. The molecule has 0 aliphatic rings. The second-order valence-electron chi connectivity index (χ2n) is 12.7. The third kappa shape index (κ3) is 9.69. The number of alkyl carbamates (subject to hydrolysis) is 1. The summed E-state index contributed by atoms with van der Waals surface area (Å²) >= 11 is 1.28. The molecule has 0 fully saturated rings. The van der Waals surface area contributed by atoms with Gasteiger partial charge in [0.05, 0.1) is 12.2 Å². The third-order valence-corrected chi connectivity index (χ3v) is 7.95. The van der Waals surface area contributed by atoms with E-state index in [1.54, 1.807) is 52.2 Å². The maximum atomic E-state index is 12.9. The molecule has 3 N–H and O–H groups in total. The van der Waals surface area contributed by atoms with E-state index in [2.05, 4.69) is 25.9 Å². The summed E-state index contributed by atoms with van der Waals surface area (Å²) in [7, 11) is 1.68. The molecule has 4 rings (SSSR count). The summed E-state index contributed by atoms with van der Waals surface area (Å²) in [4.78, 5) is 59.9. The molecule has 2 heterocycles. The van der Waals surface area contributed by atoms with Gasteiger partial charge in [0.25, 0.3) is 5.91 Å². The van der Waals surface area contributed by atoms with Crippen molar-refractivity contribution < 1.29 is 23.9 Å². The van der Waals surface area contributed by atoms with Crippen molar-refractivity contribution >= 4 is 46.1 Å². The number of thiazole rings is 1. The molecule has 0 radical (unpaired) electrons. The summed E-state index contributed by atoms with van der Waals surface area (Å²) in [6.07, 6.45) is 1.15. The van der Waals surface area contributed by atoms with E-state index in [1.807, 2.05) is 61.7 Å². The SMILES string of the molecule is CC(=O)N(C)c1cc(-c2cccc(-c3csc(NC(=O)CNC(=O)c4cccc(C(C)(C)CNC(=O)OC(C)(C)C)c4)n3)c2)ccn1. The first-order valence-electron chi connectivity index (χ1n) is 15.0. The zero-order chi connectivity index (χ0) is 34.4. The van der Waals surface area contributed by atoms with Crippen molar-refractivity contribution in [2.45, 2.75) is 52.6 Å². The monoisotopic (exact) mass is 656 g/mol. The van der Waals surface area contributed by atoms with Crippen LogP contribution in [0.15, 0.2) is 72.2 Å². The van der Waals surface area contributed by atoms with Crippen LogP contribution in [0, 0.1) is 0 Å². The van der Waals surface area contributed by atoms with Crippen LogP contribution in [-0.4, -0.2) is 59.5 Å². The zero-order valence-corrected chi connectivity index (χ0v) is 28.5. The normalized spacial score (nSPS) is 11.4. The maximum absolute atomic E-state index is 12.9. The van der Waals surface area contributed by atoms with Gasteiger partial charge in [-0.2, -0.15) is 0 Å². The van der Waals surface area contributed by atoms with Crippen LogP contribution in [0.4, 0.5) is 15.7 Å². The van der Waals surface area contributed by atoms with Crippen LogP contribution < -0.4 is 20.9 Å². The molecule has 0 atom stereocenters. The van der Waals surface area contributed by atoms with Gasteiger partial charge in [0, 0.05) is 48.6 Å². The molecule has 0 saturated carbocycles. The molecule has 0 unspecified atom stereocenters. The van der Waals surface area contributed by atoms with Crippen molar-refractivity contribution in [3.63, 3.8) is 0 Å². The summed E-state index contributed by atoms with van der Waals surface area (Å²) < 4.78 is 5.32. The number of nitrogens with one attached hydrogen (secondary N) is 3. The number of hydrogen-bond acceptors (Lipinski definition) is 8. The number of ether oxygens (including phenoxy) is 1. The Morgan fingerprint density at radius 3 is 2.32 bits per heavy atom. The predicted molar refractivity (Wildman–Crippen MR) is 185 cm³/mol. The van der Waals surface area contributed by atoms with Crippen molar-refractivity contribution in [2.75, 3.05) is 30.4 Å². The van der Waals surface area contributed by atoms with Crippen molar-refractivity contribution in [3.05, 3.63) is 83.4 Å². The second-order valence-corrected chi connectivity index (χ2v) is 13.5. The van der Waals surface area contributed by atoms with Gasteiger partial charge in [-0.25, -0.2) is 14.8 Å². The molecule has 2 aromatic heterocycles. The van der Waals surface area contributed by atoms with E-state index >= 15 is 0 Å². The van der Waals surface area contributed by atoms with Crippen LogP contribution >= 0.6 is 11.3 Å². The van der Waals surface area contributed by atoms with Crippen LogP contribution in [0.5, 0.6) is 0 Å². The molecule has 47 heavy (non-hydrogen) atoms. The third-order valence-electron chi connectivity index (χ3n) is 7.19. The Morgan fingerprint density at radius 1 is 0.894 bits per heavy atom. The van der Waals surface area contributed by atoms with Gasteiger partial charge < -0.3 is 25.6 Å². The van der Waals surface area contributed by atoms with Crippen LogP contribution in [-0.2, 0) is 19.7 Å². The number of amides is 4. The molecule has 12 heteroatoms. The van der Waals surface area contributed by atoms with E-state index in [0.29, 0.717) is 28.8 Å². The maximum Gasteiger partial charge on any atom is 0.407 e. The number of benzene rings is 2. The first-order valence-corrected chi connectivity index (χ1v) is 15.9. The number of aromatic nitrogens is 2. The smallest absolute Gasteiger partial charge is 0.407 e. The van der Waals surface area contributed by atoms with E-state index in [4.69, 9.17) is 4.74 Å². The number of carbonyl (C=O) groups is 4. The zero-order valence-electron chi connectivity index (χ0n) is 27.6. The van der Waals surface area contributed by atoms with Crippen LogP contribution in [0.3, 0.4) is 0 Å². The van der Waals surface area contributed by atoms with Crippen LogP contribution in [0.1, 0.15) is 57.5 Å². The Balaban J connectivity index is 1.34. The minimum atomic E-state index is -0.602. The molecule has 0 bridgehead atoms. The fraction of sp³-hybridized carbons (Fsp3) is 0.314. The lowest BCUT2D eigenvalue weighted by molar-refractivity contribution is -0.116. The van der Waals surface area contributed by atoms with Crippen molar-refractivity contribution in [3.8, 4) is 22.4 Å². The van der Waals surface area contributed by atoms with E-state index in [-0.39, 0.29) is 12.5 Å². The highest BCUT2D eigenvalue weighted by atomic mass is 32.1. The minimum Gasteiger partial charge on any atom is -0.444 e. The van der Waals surface area contributed by atoms with Gasteiger partial charge in [0.2, 0.25) is 11.8 Å². The summed E-state index contributed by atoms with van der Waals surface area (Å²) in [5.74, 6) is -0.372. The molecule has 11 nitrogen and oxygen atoms in total. The van der Waals surface area contributed by atoms with Gasteiger partial charge in [-0.15, -0.1) is 11.3 Å². The predicted octanol–water partition coefficient (Wildman–Crippen LogP) is 6.03. The highest BCUT2D eigenvalue weighted by Crippen LogP contribution is 2.30. The van der Waals surface area contributed by atoms with Gasteiger partial charge in [-0.3, -0.25) is 14.4 Å². The van der Waals surface area contributed by atoms with Crippen molar-refractivity contribution in [2.24, 2.45) is 0 Å². The minimum absolute atomic E-state index is 0.111. The molecule has 4 aromatic rings.